The predicted molar refractivity (Wildman–Crippen MR) is 99.8 cm³/mol. The van der Waals surface area contributed by atoms with E-state index in [1.807, 2.05) is 13.0 Å². The van der Waals surface area contributed by atoms with Gasteiger partial charge < -0.3 is 5.32 Å². The highest BCUT2D eigenvalue weighted by atomic mass is 32.2. The van der Waals surface area contributed by atoms with Gasteiger partial charge in [0.05, 0.1) is 17.7 Å². The van der Waals surface area contributed by atoms with Crippen LogP contribution in [0.3, 0.4) is 0 Å². The highest BCUT2D eigenvalue weighted by molar-refractivity contribution is 7.91. The molecule has 4 rings (SSSR count). The number of piperidine rings is 1. The Balaban J connectivity index is 1.40. The van der Waals surface area contributed by atoms with Crippen molar-refractivity contribution in [3.63, 3.8) is 0 Å². The van der Waals surface area contributed by atoms with Gasteiger partial charge in [-0.2, -0.15) is 5.10 Å². The van der Waals surface area contributed by atoms with Crippen LogP contribution in [0.15, 0.2) is 12.3 Å². The molecule has 3 heterocycles. The van der Waals surface area contributed by atoms with Crippen molar-refractivity contribution in [3.05, 3.63) is 12.3 Å². The molecule has 3 fully saturated rings. The van der Waals surface area contributed by atoms with Gasteiger partial charge >= 0.3 is 0 Å². The van der Waals surface area contributed by atoms with Gasteiger partial charge in [0, 0.05) is 25.1 Å². The zero-order valence-corrected chi connectivity index (χ0v) is 16.4. The monoisotopic (exact) mass is 394 g/mol. The van der Waals surface area contributed by atoms with Crippen LogP contribution in [0.4, 0.5) is 5.82 Å². The Morgan fingerprint density at radius 3 is 2.81 bits per heavy atom. The molecule has 1 aromatic heterocycles. The van der Waals surface area contributed by atoms with Gasteiger partial charge in [-0.25, -0.2) is 13.1 Å². The largest absolute Gasteiger partial charge is 0.344 e. The fraction of sp³-hybridized carbons (Fsp3) is 0.722. The highest BCUT2D eigenvalue weighted by Gasteiger charge is 2.59. The predicted octanol–water partition coefficient (Wildman–Crippen LogP) is 0.730. The van der Waals surface area contributed by atoms with Crippen molar-refractivity contribution in [2.24, 2.45) is 11.3 Å². The van der Waals surface area contributed by atoms with Crippen molar-refractivity contribution in [2.75, 3.05) is 23.0 Å². The van der Waals surface area contributed by atoms with E-state index in [0.29, 0.717) is 32.4 Å². The second kappa shape index (κ2) is 6.61. The van der Waals surface area contributed by atoms with Crippen molar-refractivity contribution >= 4 is 27.5 Å². The third kappa shape index (κ3) is 3.37. The first-order chi connectivity index (χ1) is 12.9. The van der Waals surface area contributed by atoms with Crippen LogP contribution in [-0.2, 0) is 26.0 Å². The van der Waals surface area contributed by atoms with Crippen molar-refractivity contribution < 1.29 is 18.0 Å². The van der Waals surface area contributed by atoms with Crippen LogP contribution in [0.2, 0.25) is 0 Å². The average molecular weight is 394 g/mol. The molecule has 0 radical (unpaired) electrons. The quantitative estimate of drug-likeness (QED) is 0.811. The molecule has 2 saturated heterocycles. The number of nitrogens with zero attached hydrogens (tertiary/aromatic N) is 3. The van der Waals surface area contributed by atoms with Crippen LogP contribution in [0.25, 0.3) is 0 Å². The number of nitrogens with one attached hydrogen (secondary N) is 1. The van der Waals surface area contributed by atoms with E-state index in [0.717, 1.165) is 18.7 Å². The van der Waals surface area contributed by atoms with Crippen LogP contribution >= 0.6 is 0 Å². The highest BCUT2D eigenvalue weighted by Crippen LogP contribution is 2.59. The van der Waals surface area contributed by atoms with Gasteiger partial charge in [0.2, 0.25) is 5.91 Å². The molecule has 2 aliphatic heterocycles. The van der Waals surface area contributed by atoms with Gasteiger partial charge in [0.15, 0.2) is 0 Å². The summed E-state index contributed by atoms with van der Waals surface area (Å²) in [6.07, 6.45) is 5.00. The van der Waals surface area contributed by atoms with Crippen molar-refractivity contribution in [3.8, 4) is 0 Å². The Morgan fingerprint density at radius 1 is 1.37 bits per heavy atom. The van der Waals surface area contributed by atoms with Gasteiger partial charge in [-0.3, -0.25) is 14.5 Å². The Labute approximate surface area is 159 Å². The van der Waals surface area contributed by atoms with Crippen LogP contribution in [0, 0.1) is 11.3 Å². The number of anilines is 1. The number of sulfone groups is 1. The summed E-state index contributed by atoms with van der Waals surface area (Å²) in [5.41, 5.74) is -0.159. The summed E-state index contributed by atoms with van der Waals surface area (Å²) >= 11 is 0. The Hall–Kier alpha value is -1.90. The Kier molecular flexibility index (Phi) is 4.52. The van der Waals surface area contributed by atoms with Crippen LogP contribution in [-0.4, -0.2) is 54.1 Å². The zero-order valence-electron chi connectivity index (χ0n) is 15.6. The smallest absolute Gasteiger partial charge is 0.250 e. The van der Waals surface area contributed by atoms with Gasteiger partial charge in [0.1, 0.15) is 21.7 Å². The van der Waals surface area contributed by atoms with E-state index < -0.39 is 15.9 Å². The van der Waals surface area contributed by atoms with Gasteiger partial charge in [-0.1, -0.05) is 0 Å². The van der Waals surface area contributed by atoms with Gasteiger partial charge in [0.25, 0.3) is 5.91 Å². The summed E-state index contributed by atoms with van der Waals surface area (Å²) < 4.78 is 25.1. The maximum Gasteiger partial charge on any atom is 0.250 e. The molecule has 9 heteroatoms. The summed E-state index contributed by atoms with van der Waals surface area (Å²) in [5, 5.41) is 7.17. The first-order valence-electron chi connectivity index (χ1n) is 9.69. The molecule has 8 nitrogen and oxygen atoms in total. The van der Waals surface area contributed by atoms with E-state index in [1.165, 1.54) is 0 Å². The lowest BCUT2D eigenvalue weighted by Crippen LogP contribution is -2.53. The SMILES string of the molecule is CCn1nccc1N1CCCC(NC(=O)C2CC23CCS(=O)(=O)CC3)C1=O. The Morgan fingerprint density at radius 2 is 2.11 bits per heavy atom. The van der Waals surface area contributed by atoms with E-state index in [1.54, 1.807) is 15.8 Å². The molecule has 1 aliphatic carbocycles. The lowest BCUT2D eigenvalue weighted by Gasteiger charge is -2.33. The van der Waals surface area contributed by atoms with E-state index in [-0.39, 0.29) is 34.7 Å². The van der Waals surface area contributed by atoms with Crippen LogP contribution in [0.1, 0.15) is 39.0 Å². The molecule has 1 spiro atoms. The summed E-state index contributed by atoms with van der Waals surface area (Å²) in [4.78, 5) is 27.3. The van der Waals surface area contributed by atoms with Crippen molar-refractivity contribution in [1.82, 2.24) is 15.1 Å². The topological polar surface area (TPSA) is 101 Å². The number of carbonyl (C=O) groups is 2. The molecule has 0 aromatic carbocycles. The van der Waals surface area contributed by atoms with Gasteiger partial charge in [-0.05, 0) is 44.4 Å². The number of aryl methyl sites for hydroxylation is 1. The number of rotatable bonds is 4. The molecular formula is C18H26N4O4S. The number of amides is 2. The molecule has 3 aliphatic rings. The van der Waals surface area contributed by atoms with Crippen molar-refractivity contribution in [1.29, 1.82) is 0 Å². The van der Waals surface area contributed by atoms with Gasteiger partial charge in [-0.15, -0.1) is 0 Å². The molecule has 148 valence electrons. The second-order valence-corrected chi connectivity index (χ2v) is 10.3. The Bertz CT molecular complexity index is 848. The third-order valence-electron chi connectivity index (χ3n) is 6.35. The lowest BCUT2D eigenvalue weighted by molar-refractivity contribution is -0.129. The van der Waals surface area contributed by atoms with E-state index in [9.17, 15) is 18.0 Å². The molecule has 27 heavy (non-hydrogen) atoms. The third-order valence-corrected chi connectivity index (χ3v) is 8.01. The molecule has 1 aromatic rings. The molecule has 1 saturated carbocycles. The first kappa shape index (κ1) is 18.5. The van der Waals surface area contributed by atoms with E-state index >= 15 is 0 Å². The maximum atomic E-state index is 12.9. The minimum atomic E-state index is -2.94. The molecule has 0 bridgehead atoms. The van der Waals surface area contributed by atoms with Crippen LogP contribution in [0.5, 0.6) is 0 Å². The fourth-order valence-corrected chi connectivity index (χ4v) is 6.16. The zero-order chi connectivity index (χ0) is 19.2. The molecule has 2 amide bonds. The lowest BCUT2D eigenvalue weighted by atomic mass is 9.95. The summed E-state index contributed by atoms with van der Waals surface area (Å²) in [5.74, 6) is 0.769. The van der Waals surface area contributed by atoms with Crippen LogP contribution < -0.4 is 10.2 Å². The first-order valence-corrected chi connectivity index (χ1v) is 11.5. The van der Waals surface area contributed by atoms with E-state index in [2.05, 4.69) is 10.4 Å². The standard InChI is InChI=1S/C18H26N4O4S/c1-2-22-15(5-8-19-22)21-9-3-4-14(17(21)24)20-16(23)13-12-18(13)6-10-27(25,26)11-7-18/h5,8,13-14H,2-4,6-7,9-12H2,1H3,(H,20,23). The molecular weight excluding hydrogens is 368 g/mol. The number of carbonyl (C=O) groups excluding carboxylic acids is 2. The van der Waals surface area contributed by atoms with E-state index in [4.69, 9.17) is 0 Å². The maximum absolute atomic E-state index is 12.9. The summed E-state index contributed by atoms with van der Waals surface area (Å²) in [7, 11) is -2.94. The second-order valence-electron chi connectivity index (χ2n) is 7.97. The average Bonchev–Trinajstić information content (AvgIpc) is 3.15. The molecule has 2 unspecified atom stereocenters. The fourth-order valence-electron chi connectivity index (χ4n) is 4.52. The minimum Gasteiger partial charge on any atom is -0.344 e. The number of hydrogen-bond acceptors (Lipinski definition) is 5. The van der Waals surface area contributed by atoms with Crippen molar-refractivity contribution in [2.45, 2.75) is 51.6 Å². The molecule has 2 atom stereocenters. The minimum absolute atomic E-state index is 0.0919. The summed E-state index contributed by atoms with van der Waals surface area (Å²) in [6.45, 7) is 3.28. The number of hydrogen-bond donors (Lipinski definition) is 1. The summed E-state index contributed by atoms with van der Waals surface area (Å²) in [6, 6.07) is 1.31. The normalized spacial score (nSPS) is 28.9. The molecule has 1 N–H and O–H groups in total. The number of aromatic nitrogens is 2.